The molecule has 5 nitrogen and oxygen atoms in total. The third-order valence-corrected chi connectivity index (χ3v) is 5.31. The normalized spacial score (nSPS) is 15.4. The van der Waals surface area contributed by atoms with Crippen molar-refractivity contribution in [3.8, 4) is 11.6 Å². The van der Waals surface area contributed by atoms with Gasteiger partial charge in [-0.05, 0) is 43.4 Å². The molecular formula is C18H21Cl2N3O2. The van der Waals surface area contributed by atoms with Crippen molar-refractivity contribution in [3.05, 3.63) is 40.5 Å². The van der Waals surface area contributed by atoms with Crippen LogP contribution < -0.4 is 4.74 Å². The van der Waals surface area contributed by atoms with Crippen LogP contribution in [0.15, 0.2) is 30.5 Å². The number of nitrogens with zero attached hydrogens (tertiary/aromatic N) is 3. The smallest absolute Gasteiger partial charge is 0.233 e. The van der Waals surface area contributed by atoms with Crippen LogP contribution in [0.2, 0.25) is 10.0 Å². The maximum Gasteiger partial charge on any atom is 0.233 e. The van der Waals surface area contributed by atoms with Crippen molar-refractivity contribution in [1.82, 2.24) is 14.7 Å². The number of hydrogen-bond acceptors (Lipinski definition) is 3. The molecule has 0 unspecified atom stereocenters. The van der Waals surface area contributed by atoms with E-state index in [2.05, 4.69) is 5.10 Å². The molecule has 0 saturated carbocycles. The summed E-state index contributed by atoms with van der Waals surface area (Å²) in [6, 6.07) is 7.20. The highest BCUT2D eigenvalue weighted by Gasteiger charge is 2.20. The lowest BCUT2D eigenvalue weighted by Crippen LogP contribution is -2.37. The second-order valence-electron chi connectivity index (χ2n) is 6.28. The molecule has 3 rings (SSSR count). The molecular weight excluding hydrogens is 361 g/mol. The summed E-state index contributed by atoms with van der Waals surface area (Å²) in [5.41, 5.74) is 0.834. The Morgan fingerprint density at radius 1 is 1.24 bits per heavy atom. The summed E-state index contributed by atoms with van der Waals surface area (Å²) in [5, 5.41) is 5.42. The van der Waals surface area contributed by atoms with Crippen molar-refractivity contribution >= 4 is 29.1 Å². The molecule has 1 amide bonds. The largest absolute Gasteiger partial charge is 0.477 e. The van der Waals surface area contributed by atoms with Crippen LogP contribution in [0.25, 0.3) is 5.69 Å². The SMILES string of the molecule is CC(=O)N1CCC(CCOc2ccn(-c3ccc(Cl)c(Cl)c3)n2)CC1. The maximum absolute atomic E-state index is 11.3. The average Bonchev–Trinajstić information content (AvgIpc) is 3.07. The molecule has 0 bridgehead atoms. The number of carbonyl (C=O) groups is 1. The van der Waals surface area contributed by atoms with E-state index in [9.17, 15) is 4.79 Å². The minimum atomic E-state index is 0.169. The maximum atomic E-state index is 11.3. The summed E-state index contributed by atoms with van der Waals surface area (Å²) in [6.45, 7) is 3.97. The fraction of sp³-hybridized carbons (Fsp3) is 0.444. The Morgan fingerprint density at radius 3 is 2.68 bits per heavy atom. The van der Waals surface area contributed by atoms with Crippen molar-refractivity contribution in [2.45, 2.75) is 26.2 Å². The zero-order chi connectivity index (χ0) is 17.8. The molecule has 0 spiro atoms. The number of carbonyl (C=O) groups excluding carboxylic acids is 1. The summed E-state index contributed by atoms with van der Waals surface area (Å²) in [5.74, 6) is 1.36. The Hall–Kier alpha value is -1.72. The lowest BCUT2D eigenvalue weighted by Gasteiger charge is -2.31. The number of likely N-dealkylation sites (tertiary alicyclic amines) is 1. The molecule has 1 aromatic carbocycles. The van der Waals surface area contributed by atoms with E-state index in [0.717, 1.165) is 38.0 Å². The Balaban J connectivity index is 1.48. The molecule has 0 N–H and O–H groups in total. The molecule has 2 aromatic rings. The molecule has 1 fully saturated rings. The standard InChI is InChI=1S/C18H21Cl2N3O2/c1-13(24)22-8-4-14(5-9-22)7-11-25-18-6-10-23(21-18)15-2-3-16(19)17(20)12-15/h2-3,6,10,12,14H,4-5,7-9,11H2,1H3. The molecule has 0 radical (unpaired) electrons. The van der Waals surface area contributed by atoms with E-state index in [1.807, 2.05) is 23.2 Å². The van der Waals surface area contributed by atoms with Gasteiger partial charge >= 0.3 is 0 Å². The van der Waals surface area contributed by atoms with Gasteiger partial charge in [0.25, 0.3) is 0 Å². The van der Waals surface area contributed by atoms with Crippen LogP contribution in [0, 0.1) is 5.92 Å². The van der Waals surface area contributed by atoms with Crippen LogP contribution in [-0.4, -0.2) is 40.3 Å². The van der Waals surface area contributed by atoms with Gasteiger partial charge < -0.3 is 9.64 Å². The van der Waals surface area contributed by atoms with E-state index >= 15 is 0 Å². The molecule has 1 aliphatic rings. The minimum Gasteiger partial charge on any atom is -0.477 e. The van der Waals surface area contributed by atoms with Gasteiger partial charge in [-0.2, -0.15) is 0 Å². The van der Waals surface area contributed by atoms with Gasteiger partial charge in [-0.3, -0.25) is 4.79 Å². The highest BCUT2D eigenvalue weighted by Crippen LogP contribution is 2.25. The molecule has 2 heterocycles. The molecule has 7 heteroatoms. The fourth-order valence-corrected chi connectivity index (χ4v) is 3.31. The van der Waals surface area contributed by atoms with Gasteiger partial charge in [-0.1, -0.05) is 23.2 Å². The van der Waals surface area contributed by atoms with E-state index in [4.69, 9.17) is 27.9 Å². The number of piperidine rings is 1. The van der Waals surface area contributed by atoms with E-state index < -0.39 is 0 Å². The number of aromatic nitrogens is 2. The van der Waals surface area contributed by atoms with E-state index in [1.54, 1.807) is 23.7 Å². The number of rotatable bonds is 5. The first-order chi connectivity index (χ1) is 12.0. The Labute approximate surface area is 157 Å². The summed E-state index contributed by atoms with van der Waals surface area (Å²) in [4.78, 5) is 13.3. The van der Waals surface area contributed by atoms with Gasteiger partial charge in [0.15, 0.2) is 0 Å². The van der Waals surface area contributed by atoms with Crippen LogP contribution in [-0.2, 0) is 4.79 Å². The molecule has 0 aliphatic carbocycles. The van der Waals surface area contributed by atoms with Crippen LogP contribution in [0.3, 0.4) is 0 Å². The van der Waals surface area contributed by atoms with Crippen molar-refractivity contribution in [2.24, 2.45) is 5.92 Å². The summed E-state index contributed by atoms with van der Waals surface area (Å²) in [7, 11) is 0. The van der Waals surface area contributed by atoms with Gasteiger partial charge in [0.1, 0.15) is 0 Å². The van der Waals surface area contributed by atoms with E-state index in [-0.39, 0.29) is 5.91 Å². The Kier molecular flexibility index (Phi) is 5.86. The monoisotopic (exact) mass is 381 g/mol. The zero-order valence-corrected chi connectivity index (χ0v) is 15.6. The van der Waals surface area contributed by atoms with Crippen molar-refractivity contribution in [3.63, 3.8) is 0 Å². The topological polar surface area (TPSA) is 47.4 Å². The van der Waals surface area contributed by atoms with Gasteiger partial charge in [0.05, 0.1) is 22.3 Å². The first-order valence-corrected chi connectivity index (χ1v) is 9.18. The van der Waals surface area contributed by atoms with Crippen molar-refractivity contribution in [1.29, 1.82) is 0 Å². The fourth-order valence-electron chi connectivity index (χ4n) is 3.02. The van der Waals surface area contributed by atoms with Crippen molar-refractivity contribution in [2.75, 3.05) is 19.7 Å². The van der Waals surface area contributed by atoms with Crippen LogP contribution in [0.5, 0.6) is 5.88 Å². The highest BCUT2D eigenvalue weighted by molar-refractivity contribution is 6.42. The van der Waals surface area contributed by atoms with Crippen molar-refractivity contribution < 1.29 is 9.53 Å². The first kappa shape index (κ1) is 18.1. The predicted molar refractivity (Wildman–Crippen MR) is 98.7 cm³/mol. The molecule has 1 aliphatic heterocycles. The number of hydrogen-bond donors (Lipinski definition) is 0. The Morgan fingerprint density at radius 2 is 2.00 bits per heavy atom. The molecule has 25 heavy (non-hydrogen) atoms. The van der Waals surface area contributed by atoms with E-state index in [1.165, 1.54) is 0 Å². The predicted octanol–water partition coefficient (Wildman–Crippen LogP) is 4.21. The molecule has 0 atom stereocenters. The summed E-state index contributed by atoms with van der Waals surface area (Å²) < 4.78 is 7.48. The van der Waals surface area contributed by atoms with Crippen LogP contribution in [0.1, 0.15) is 26.2 Å². The number of ether oxygens (including phenoxy) is 1. The summed E-state index contributed by atoms with van der Waals surface area (Å²) >= 11 is 12.0. The first-order valence-electron chi connectivity index (χ1n) is 8.42. The molecule has 134 valence electrons. The molecule has 1 saturated heterocycles. The third-order valence-electron chi connectivity index (χ3n) is 4.57. The van der Waals surface area contributed by atoms with Crippen LogP contribution in [0.4, 0.5) is 0 Å². The number of amides is 1. The van der Waals surface area contributed by atoms with E-state index in [0.29, 0.717) is 28.5 Å². The average molecular weight is 382 g/mol. The molecule has 1 aromatic heterocycles. The zero-order valence-electron chi connectivity index (χ0n) is 14.1. The van der Waals surface area contributed by atoms with Crippen LogP contribution >= 0.6 is 23.2 Å². The lowest BCUT2D eigenvalue weighted by atomic mass is 9.94. The Bertz CT molecular complexity index is 740. The third kappa shape index (κ3) is 4.67. The van der Waals surface area contributed by atoms with Gasteiger partial charge in [0.2, 0.25) is 11.8 Å². The highest BCUT2D eigenvalue weighted by atomic mass is 35.5. The summed E-state index contributed by atoms with van der Waals surface area (Å²) in [6.07, 6.45) is 4.90. The quantitative estimate of drug-likeness (QED) is 0.779. The van der Waals surface area contributed by atoms with Gasteiger partial charge in [-0.15, -0.1) is 5.10 Å². The second kappa shape index (κ2) is 8.11. The second-order valence-corrected chi connectivity index (χ2v) is 7.10. The number of benzene rings is 1. The lowest BCUT2D eigenvalue weighted by molar-refractivity contribution is -0.130. The number of halogens is 2. The van der Waals surface area contributed by atoms with Gasteiger partial charge in [0, 0.05) is 32.3 Å². The van der Waals surface area contributed by atoms with Gasteiger partial charge in [-0.25, -0.2) is 4.68 Å². The minimum absolute atomic E-state index is 0.169.